The molecule has 0 bridgehead atoms. The van der Waals surface area contributed by atoms with Crippen molar-refractivity contribution in [2.45, 2.75) is 32.7 Å². The van der Waals surface area contributed by atoms with Crippen LogP contribution in [0.5, 0.6) is 0 Å². The minimum absolute atomic E-state index is 0. The fourth-order valence-electron chi connectivity index (χ4n) is 3.02. The van der Waals surface area contributed by atoms with Gasteiger partial charge in [0.15, 0.2) is 0 Å². The number of para-hydroxylation sites is 1. The summed E-state index contributed by atoms with van der Waals surface area (Å²) in [7, 11) is 0. The van der Waals surface area contributed by atoms with Crippen LogP contribution in [0.3, 0.4) is 0 Å². The van der Waals surface area contributed by atoms with Gasteiger partial charge in [-0.25, -0.2) is 14.0 Å². The lowest BCUT2D eigenvalue weighted by Crippen LogP contribution is -2.29. The number of rotatable bonds is 4. The molecular weight excluding hydrogens is 324 g/mol. The summed E-state index contributed by atoms with van der Waals surface area (Å²) in [5, 5.41) is 7.94. The minimum atomic E-state index is -0.108. The molecule has 1 fully saturated rings. The van der Waals surface area contributed by atoms with Gasteiger partial charge in [-0.3, -0.25) is 0 Å². The molecule has 1 aromatic carbocycles. The smallest absolute Gasteiger partial charge is 0.317 e. The Hall–Kier alpha value is -2.03. The van der Waals surface area contributed by atoms with Gasteiger partial charge in [-0.05, 0) is 50.9 Å². The van der Waals surface area contributed by atoms with Crippen molar-refractivity contribution in [3.05, 3.63) is 46.6 Å². The lowest BCUT2D eigenvalue weighted by Gasteiger charge is -2.22. The van der Waals surface area contributed by atoms with Crippen molar-refractivity contribution in [2.24, 2.45) is 5.92 Å². The molecule has 0 amide bonds. The number of benzene rings is 1. The van der Waals surface area contributed by atoms with Crippen LogP contribution in [0.1, 0.15) is 25.6 Å². The van der Waals surface area contributed by atoms with Crippen molar-refractivity contribution < 1.29 is 0 Å². The Morgan fingerprint density at radius 2 is 1.96 bits per heavy atom. The normalized spacial score (nSPS) is 14.5. The Balaban J connectivity index is 0.00000208. The van der Waals surface area contributed by atoms with Crippen molar-refractivity contribution >= 4 is 12.4 Å². The van der Waals surface area contributed by atoms with Crippen molar-refractivity contribution in [1.29, 1.82) is 0 Å². The van der Waals surface area contributed by atoms with Crippen LogP contribution in [0.4, 0.5) is 0 Å². The minimum Gasteiger partial charge on any atom is -0.317 e. The predicted octanol–water partition coefficient (Wildman–Crippen LogP) is 2.02. The molecule has 0 unspecified atom stereocenters. The highest BCUT2D eigenvalue weighted by Gasteiger charge is 2.20. The number of nitrogens with one attached hydrogen (secondary N) is 1. The van der Waals surface area contributed by atoms with E-state index < -0.39 is 0 Å². The number of aromatic nitrogens is 3. The van der Waals surface area contributed by atoms with E-state index in [1.807, 2.05) is 30.3 Å². The summed E-state index contributed by atoms with van der Waals surface area (Å²) in [4.78, 5) is 12.7. The van der Waals surface area contributed by atoms with Crippen LogP contribution < -0.4 is 11.0 Å². The van der Waals surface area contributed by atoms with Gasteiger partial charge in [0.2, 0.25) is 0 Å². The van der Waals surface area contributed by atoms with E-state index in [0.29, 0.717) is 12.5 Å². The lowest BCUT2D eigenvalue weighted by atomic mass is 9.94. The first-order valence-electron chi connectivity index (χ1n) is 8.14. The molecule has 0 saturated carbocycles. The molecule has 0 radical (unpaired) electrons. The Kier molecular flexibility index (Phi) is 6.65. The number of halogens is 1. The van der Waals surface area contributed by atoms with Gasteiger partial charge in [-0.2, -0.15) is 5.10 Å². The molecule has 5 nitrogen and oxygen atoms in total. The third-order valence-electron chi connectivity index (χ3n) is 4.26. The summed E-state index contributed by atoms with van der Waals surface area (Å²) in [6, 6.07) is 9.74. The molecule has 1 aliphatic heterocycles. The van der Waals surface area contributed by atoms with Crippen LogP contribution in [0.25, 0.3) is 5.69 Å². The molecule has 1 saturated heterocycles. The highest BCUT2D eigenvalue weighted by molar-refractivity contribution is 5.85. The van der Waals surface area contributed by atoms with Gasteiger partial charge in [0.05, 0.1) is 5.69 Å². The highest BCUT2D eigenvalue weighted by Crippen LogP contribution is 2.18. The fraction of sp³-hybridized carbons (Fsp3) is 0.444. The summed E-state index contributed by atoms with van der Waals surface area (Å²) < 4.78 is 3.21. The molecule has 128 valence electrons. The third kappa shape index (κ3) is 4.08. The van der Waals surface area contributed by atoms with Gasteiger partial charge >= 0.3 is 5.69 Å². The van der Waals surface area contributed by atoms with Gasteiger partial charge < -0.3 is 5.32 Å². The second-order valence-corrected chi connectivity index (χ2v) is 5.85. The van der Waals surface area contributed by atoms with Gasteiger partial charge in [0, 0.05) is 6.42 Å². The zero-order valence-corrected chi connectivity index (χ0v) is 14.7. The summed E-state index contributed by atoms with van der Waals surface area (Å²) in [5.41, 5.74) is 0.764. The van der Waals surface area contributed by atoms with Gasteiger partial charge in [0.25, 0.3) is 0 Å². The quantitative estimate of drug-likeness (QED) is 0.862. The number of nitrogens with zero attached hydrogens (tertiary/aromatic N) is 3. The van der Waals surface area contributed by atoms with Crippen LogP contribution in [0.15, 0.2) is 35.1 Å². The standard InChI is InChI=1S/C18H22N4O.ClH/c1-2-3-13-21-18(23)22(16-7-5-4-6-8-16)17(20-21)14-15-9-11-19-12-10-15;/h4-8,15,19H,9-14H2,1H3;1H. The molecular formula is C18H23ClN4O. The average Bonchev–Trinajstić information content (AvgIpc) is 2.90. The van der Waals surface area contributed by atoms with E-state index in [-0.39, 0.29) is 18.1 Å². The fourth-order valence-corrected chi connectivity index (χ4v) is 3.02. The van der Waals surface area contributed by atoms with Crippen LogP contribution in [0.2, 0.25) is 0 Å². The van der Waals surface area contributed by atoms with Crippen molar-refractivity contribution in [3.8, 4) is 17.5 Å². The molecule has 0 spiro atoms. The number of hydrogen-bond donors (Lipinski definition) is 1. The van der Waals surface area contributed by atoms with Crippen molar-refractivity contribution in [2.75, 3.05) is 13.1 Å². The Morgan fingerprint density at radius 1 is 1.25 bits per heavy atom. The zero-order valence-electron chi connectivity index (χ0n) is 13.9. The predicted molar refractivity (Wildman–Crippen MR) is 97.8 cm³/mol. The maximum Gasteiger partial charge on any atom is 0.351 e. The molecule has 2 heterocycles. The first kappa shape index (κ1) is 18.3. The average molecular weight is 347 g/mol. The molecule has 24 heavy (non-hydrogen) atoms. The number of piperidine rings is 1. The maximum atomic E-state index is 12.7. The second-order valence-electron chi connectivity index (χ2n) is 5.85. The highest BCUT2D eigenvalue weighted by atomic mass is 35.5. The molecule has 2 aromatic rings. The van der Waals surface area contributed by atoms with Gasteiger partial charge in [-0.15, -0.1) is 18.3 Å². The Morgan fingerprint density at radius 3 is 2.62 bits per heavy atom. The Bertz CT molecular complexity index is 764. The van der Waals surface area contributed by atoms with Crippen LogP contribution in [0, 0.1) is 17.8 Å². The number of hydrogen-bond acceptors (Lipinski definition) is 3. The van der Waals surface area contributed by atoms with Crippen LogP contribution in [-0.4, -0.2) is 27.4 Å². The molecule has 1 N–H and O–H groups in total. The monoisotopic (exact) mass is 346 g/mol. The zero-order chi connectivity index (χ0) is 16.1. The van der Waals surface area contributed by atoms with E-state index in [1.165, 1.54) is 4.68 Å². The van der Waals surface area contributed by atoms with Crippen molar-refractivity contribution in [3.63, 3.8) is 0 Å². The van der Waals surface area contributed by atoms with Gasteiger partial charge in [0.1, 0.15) is 12.4 Å². The first-order chi connectivity index (χ1) is 11.3. The van der Waals surface area contributed by atoms with E-state index >= 15 is 0 Å². The summed E-state index contributed by atoms with van der Waals surface area (Å²) in [6.45, 7) is 4.20. The summed E-state index contributed by atoms with van der Waals surface area (Å²) in [6.07, 6.45) is 3.09. The van der Waals surface area contributed by atoms with Crippen molar-refractivity contribution in [1.82, 2.24) is 19.7 Å². The second kappa shape index (κ2) is 8.72. The van der Waals surface area contributed by atoms with E-state index in [9.17, 15) is 4.79 Å². The molecule has 3 rings (SSSR count). The Labute approximate surface area is 148 Å². The molecule has 1 aliphatic rings. The van der Waals surface area contributed by atoms with Crippen LogP contribution >= 0.6 is 12.4 Å². The van der Waals surface area contributed by atoms with E-state index in [1.54, 1.807) is 11.5 Å². The first-order valence-corrected chi connectivity index (χ1v) is 8.14. The molecule has 0 atom stereocenters. The third-order valence-corrected chi connectivity index (χ3v) is 4.26. The molecule has 1 aromatic heterocycles. The van der Waals surface area contributed by atoms with Gasteiger partial charge in [-0.1, -0.05) is 24.1 Å². The van der Waals surface area contributed by atoms with E-state index in [4.69, 9.17) is 0 Å². The summed E-state index contributed by atoms with van der Waals surface area (Å²) in [5.74, 6) is 7.17. The molecule has 6 heteroatoms. The van der Waals surface area contributed by atoms with E-state index in [2.05, 4.69) is 22.3 Å². The SMILES string of the molecule is CC#CCn1nc(CC2CCNCC2)n(-c2ccccc2)c1=O.Cl. The van der Waals surface area contributed by atoms with Crippen LogP contribution in [-0.2, 0) is 13.0 Å². The maximum absolute atomic E-state index is 12.7. The molecule has 0 aliphatic carbocycles. The largest absolute Gasteiger partial charge is 0.351 e. The summed E-state index contributed by atoms with van der Waals surface area (Å²) >= 11 is 0. The topological polar surface area (TPSA) is 51.9 Å². The van der Waals surface area contributed by atoms with E-state index in [0.717, 1.165) is 43.9 Å². The lowest BCUT2D eigenvalue weighted by molar-refractivity contribution is 0.365.